The van der Waals surface area contributed by atoms with E-state index in [1.54, 1.807) is 10.9 Å². The van der Waals surface area contributed by atoms with E-state index in [2.05, 4.69) is 25.5 Å². The summed E-state index contributed by atoms with van der Waals surface area (Å²) in [6.07, 6.45) is 2.79. The molecular weight excluding hydrogens is 437 g/mol. The third kappa shape index (κ3) is 4.39. The second kappa shape index (κ2) is 9.91. The number of benzene rings is 1. The lowest BCUT2D eigenvalue weighted by atomic mass is 10.2. The molecule has 2 aromatic heterocycles. The van der Waals surface area contributed by atoms with Crippen molar-refractivity contribution in [3.8, 4) is 5.69 Å². The molecule has 1 amide bonds. The summed E-state index contributed by atoms with van der Waals surface area (Å²) in [5.74, 6) is -0.0282. The number of hydrogen-bond acceptors (Lipinski definition) is 6. The van der Waals surface area contributed by atoms with Gasteiger partial charge in [-0.1, -0.05) is 23.4 Å². The van der Waals surface area contributed by atoms with E-state index in [0.717, 1.165) is 68.0 Å². The van der Waals surface area contributed by atoms with Crippen molar-refractivity contribution in [2.24, 2.45) is 0 Å². The molecule has 2 saturated heterocycles. The van der Waals surface area contributed by atoms with Gasteiger partial charge < -0.3 is 10.2 Å². The molecule has 5 rings (SSSR count). The van der Waals surface area contributed by atoms with Crippen molar-refractivity contribution in [1.29, 1.82) is 0 Å². The first kappa shape index (κ1) is 23.4. The summed E-state index contributed by atoms with van der Waals surface area (Å²) in [5, 5.41) is 13.0. The SMILES string of the molecule is Cc1c(C(=O)N2CCC(N3CCNCC3)C2)nnn1-c1cccc2cccnc12.Cl.Cl. The van der Waals surface area contributed by atoms with Gasteiger partial charge in [0.1, 0.15) is 0 Å². The van der Waals surface area contributed by atoms with E-state index in [1.807, 2.05) is 42.2 Å². The minimum absolute atomic E-state index is 0. The molecule has 1 unspecified atom stereocenters. The van der Waals surface area contributed by atoms with Gasteiger partial charge in [0.15, 0.2) is 5.69 Å². The lowest BCUT2D eigenvalue weighted by Gasteiger charge is -2.32. The Hall–Kier alpha value is -2.26. The number of pyridine rings is 1. The minimum Gasteiger partial charge on any atom is -0.336 e. The van der Waals surface area contributed by atoms with Crippen LogP contribution < -0.4 is 5.32 Å². The number of para-hydroxylation sites is 1. The van der Waals surface area contributed by atoms with Crippen LogP contribution in [-0.4, -0.2) is 81.0 Å². The standard InChI is InChI=1S/C21H25N7O.2ClH/c1-15-19(21(29)27-11-7-17(14-27)26-12-9-22-10-13-26)24-25-28(15)18-6-2-4-16-5-3-8-23-20(16)18;;/h2-6,8,17,22H,7,9-14H2,1H3;2*1H. The first-order valence-electron chi connectivity index (χ1n) is 10.2. The van der Waals surface area contributed by atoms with Gasteiger partial charge in [0.05, 0.1) is 16.9 Å². The van der Waals surface area contributed by atoms with Gasteiger partial charge >= 0.3 is 0 Å². The number of aromatic nitrogens is 4. The predicted molar refractivity (Wildman–Crippen MR) is 125 cm³/mol. The Bertz CT molecular complexity index is 1050. The summed E-state index contributed by atoms with van der Waals surface area (Å²) >= 11 is 0. The number of fused-ring (bicyclic) bond motifs is 1. The highest BCUT2D eigenvalue weighted by atomic mass is 35.5. The maximum atomic E-state index is 13.2. The normalized spacial score (nSPS) is 19.1. The molecule has 1 atom stereocenters. The molecule has 8 nitrogen and oxygen atoms in total. The molecule has 0 bridgehead atoms. The number of hydrogen-bond donors (Lipinski definition) is 1. The number of amides is 1. The fraction of sp³-hybridized carbons (Fsp3) is 0.429. The molecule has 2 fully saturated rings. The molecule has 166 valence electrons. The Labute approximate surface area is 193 Å². The first-order valence-corrected chi connectivity index (χ1v) is 10.2. The number of rotatable bonds is 3. The van der Waals surface area contributed by atoms with Crippen LogP contribution in [0.3, 0.4) is 0 Å². The van der Waals surface area contributed by atoms with E-state index in [-0.39, 0.29) is 30.7 Å². The van der Waals surface area contributed by atoms with Crippen LogP contribution in [0.5, 0.6) is 0 Å². The second-order valence-electron chi connectivity index (χ2n) is 7.77. The Balaban J connectivity index is 0.00000136. The van der Waals surface area contributed by atoms with Crippen LogP contribution in [0.25, 0.3) is 16.6 Å². The van der Waals surface area contributed by atoms with Gasteiger partial charge in [0, 0.05) is 56.9 Å². The minimum atomic E-state index is -0.0282. The van der Waals surface area contributed by atoms with Gasteiger partial charge in [0.25, 0.3) is 5.91 Å². The quantitative estimate of drug-likeness (QED) is 0.640. The van der Waals surface area contributed by atoms with Crippen molar-refractivity contribution in [3.63, 3.8) is 0 Å². The monoisotopic (exact) mass is 463 g/mol. The van der Waals surface area contributed by atoms with E-state index in [1.165, 1.54) is 0 Å². The first-order chi connectivity index (χ1) is 14.2. The van der Waals surface area contributed by atoms with Crippen LogP contribution in [-0.2, 0) is 0 Å². The van der Waals surface area contributed by atoms with E-state index < -0.39 is 0 Å². The van der Waals surface area contributed by atoms with Gasteiger partial charge in [0.2, 0.25) is 0 Å². The molecule has 0 saturated carbocycles. The van der Waals surface area contributed by atoms with Gasteiger partial charge in [-0.3, -0.25) is 14.7 Å². The molecule has 1 N–H and O–H groups in total. The zero-order valence-corrected chi connectivity index (χ0v) is 19.0. The third-order valence-corrected chi connectivity index (χ3v) is 6.06. The van der Waals surface area contributed by atoms with Crippen molar-refractivity contribution in [1.82, 2.24) is 35.1 Å². The van der Waals surface area contributed by atoms with Crippen molar-refractivity contribution in [3.05, 3.63) is 47.9 Å². The zero-order chi connectivity index (χ0) is 19.8. The maximum Gasteiger partial charge on any atom is 0.276 e. The number of carbonyl (C=O) groups is 1. The predicted octanol–water partition coefficient (Wildman–Crippen LogP) is 2.09. The zero-order valence-electron chi connectivity index (χ0n) is 17.4. The molecule has 3 aromatic rings. The molecule has 2 aliphatic rings. The topological polar surface area (TPSA) is 79.2 Å². The number of carbonyl (C=O) groups excluding carboxylic acids is 1. The number of halogens is 2. The molecule has 0 spiro atoms. The summed E-state index contributed by atoms with van der Waals surface area (Å²) in [7, 11) is 0. The number of nitrogens with zero attached hydrogens (tertiary/aromatic N) is 6. The summed E-state index contributed by atoms with van der Waals surface area (Å²) in [6.45, 7) is 7.59. The lowest BCUT2D eigenvalue weighted by molar-refractivity contribution is 0.0767. The van der Waals surface area contributed by atoms with E-state index in [4.69, 9.17) is 0 Å². The largest absolute Gasteiger partial charge is 0.336 e. The molecule has 1 aromatic carbocycles. The van der Waals surface area contributed by atoms with Crippen molar-refractivity contribution >= 4 is 41.6 Å². The van der Waals surface area contributed by atoms with E-state index in [9.17, 15) is 4.79 Å². The molecule has 0 radical (unpaired) electrons. The maximum absolute atomic E-state index is 13.2. The van der Waals surface area contributed by atoms with Gasteiger partial charge in [-0.25, -0.2) is 4.68 Å². The molecule has 4 heterocycles. The Morgan fingerprint density at radius 1 is 1.10 bits per heavy atom. The Morgan fingerprint density at radius 2 is 1.87 bits per heavy atom. The van der Waals surface area contributed by atoms with E-state index in [0.29, 0.717) is 11.7 Å². The fourth-order valence-electron chi connectivity index (χ4n) is 4.44. The number of piperazine rings is 1. The number of likely N-dealkylation sites (tertiary alicyclic amines) is 1. The van der Waals surface area contributed by atoms with Crippen LogP contribution in [0.1, 0.15) is 22.6 Å². The highest BCUT2D eigenvalue weighted by molar-refractivity contribution is 5.94. The van der Waals surface area contributed by atoms with Gasteiger partial charge in [-0.2, -0.15) is 0 Å². The van der Waals surface area contributed by atoms with Crippen molar-refractivity contribution in [2.75, 3.05) is 39.3 Å². The summed E-state index contributed by atoms with van der Waals surface area (Å²) in [5.41, 5.74) is 2.87. The number of nitrogens with one attached hydrogen (secondary N) is 1. The highest BCUT2D eigenvalue weighted by Gasteiger charge is 2.33. The van der Waals surface area contributed by atoms with E-state index >= 15 is 0 Å². The van der Waals surface area contributed by atoms with Crippen LogP contribution >= 0.6 is 24.8 Å². The van der Waals surface area contributed by atoms with Crippen molar-refractivity contribution < 1.29 is 4.79 Å². The fourth-order valence-corrected chi connectivity index (χ4v) is 4.44. The van der Waals surface area contributed by atoms with Crippen LogP contribution in [0.15, 0.2) is 36.5 Å². The van der Waals surface area contributed by atoms with Crippen LogP contribution in [0, 0.1) is 6.92 Å². The smallest absolute Gasteiger partial charge is 0.276 e. The lowest BCUT2D eigenvalue weighted by Crippen LogP contribution is -2.49. The Kier molecular flexibility index (Phi) is 7.48. The van der Waals surface area contributed by atoms with Gasteiger partial charge in [-0.05, 0) is 25.5 Å². The molecular formula is C21H27Cl2N7O. The molecule has 31 heavy (non-hydrogen) atoms. The molecule has 2 aliphatic heterocycles. The average molecular weight is 464 g/mol. The van der Waals surface area contributed by atoms with Crippen LogP contribution in [0.4, 0.5) is 0 Å². The second-order valence-corrected chi connectivity index (χ2v) is 7.77. The highest BCUT2D eigenvalue weighted by Crippen LogP contribution is 2.23. The summed E-state index contributed by atoms with van der Waals surface area (Å²) in [6, 6.07) is 10.3. The molecule has 10 heteroatoms. The third-order valence-electron chi connectivity index (χ3n) is 6.06. The summed E-state index contributed by atoms with van der Waals surface area (Å²) in [4.78, 5) is 22.1. The summed E-state index contributed by atoms with van der Waals surface area (Å²) < 4.78 is 1.73. The van der Waals surface area contributed by atoms with Crippen LogP contribution in [0.2, 0.25) is 0 Å². The van der Waals surface area contributed by atoms with Gasteiger partial charge in [-0.15, -0.1) is 29.9 Å². The molecule has 0 aliphatic carbocycles. The Morgan fingerprint density at radius 3 is 2.68 bits per heavy atom. The average Bonchev–Trinajstić information content (AvgIpc) is 3.41. The van der Waals surface area contributed by atoms with Crippen molar-refractivity contribution in [2.45, 2.75) is 19.4 Å².